The third-order valence-electron chi connectivity index (χ3n) is 1.35. The molecule has 66 valence electrons. The van der Waals surface area contributed by atoms with Crippen LogP contribution in [0.4, 0.5) is 23.2 Å². The molecule has 1 aromatic carbocycles. The van der Waals surface area contributed by atoms with Crippen molar-refractivity contribution in [2.45, 2.75) is 6.43 Å². The van der Waals surface area contributed by atoms with Crippen molar-refractivity contribution in [2.24, 2.45) is 0 Å². The summed E-state index contributed by atoms with van der Waals surface area (Å²) in [5, 5.41) is 0. The van der Waals surface area contributed by atoms with Crippen LogP contribution < -0.4 is 5.73 Å². The number of anilines is 1. The zero-order valence-corrected chi connectivity index (χ0v) is 5.82. The summed E-state index contributed by atoms with van der Waals surface area (Å²) in [5.41, 5.74) is 3.41. The molecule has 0 unspecified atom stereocenters. The summed E-state index contributed by atoms with van der Waals surface area (Å²) in [4.78, 5) is 0. The van der Waals surface area contributed by atoms with Crippen molar-refractivity contribution in [3.8, 4) is 0 Å². The first-order valence-electron chi connectivity index (χ1n) is 3.05. The van der Waals surface area contributed by atoms with Crippen LogP contribution in [0.3, 0.4) is 0 Å². The Bertz CT molecular complexity index is 274. The van der Waals surface area contributed by atoms with Gasteiger partial charge in [0.25, 0.3) is 6.43 Å². The normalized spacial score (nSPS) is 10.8. The standard InChI is InChI=1S/C7H5F4N/c8-4-1-3(7(10)11)2-5(9)6(4)12/h1-2,7H,12H2. The van der Waals surface area contributed by atoms with Gasteiger partial charge in [-0.3, -0.25) is 0 Å². The number of hydrogen-bond donors (Lipinski definition) is 1. The fourth-order valence-electron chi connectivity index (χ4n) is 0.730. The summed E-state index contributed by atoms with van der Waals surface area (Å²) >= 11 is 0. The zero-order valence-electron chi connectivity index (χ0n) is 5.82. The lowest BCUT2D eigenvalue weighted by Crippen LogP contribution is -1.97. The van der Waals surface area contributed by atoms with Gasteiger partial charge in [0.2, 0.25) is 0 Å². The van der Waals surface area contributed by atoms with Crippen LogP contribution in [-0.2, 0) is 0 Å². The number of rotatable bonds is 1. The molecule has 1 aromatic rings. The molecule has 12 heavy (non-hydrogen) atoms. The monoisotopic (exact) mass is 179 g/mol. The Morgan fingerprint density at radius 1 is 1.08 bits per heavy atom. The van der Waals surface area contributed by atoms with Gasteiger partial charge in [0.1, 0.15) is 17.3 Å². The highest BCUT2D eigenvalue weighted by molar-refractivity contribution is 5.43. The van der Waals surface area contributed by atoms with Crippen LogP contribution in [0, 0.1) is 11.6 Å². The Morgan fingerprint density at radius 2 is 1.50 bits per heavy atom. The van der Waals surface area contributed by atoms with Crippen LogP contribution in [0.25, 0.3) is 0 Å². The lowest BCUT2D eigenvalue weighted by atomic mass is 10.2. The van der Waals surface area contributed by atoms with Crippen LogP contribution >= 0.6 is 0 Å². The minimum atomic E-state index is -2.89. The predicted octanol–water partition coefficient (Wildman–Crippen LogP) is 2.48. The maximum Gasteiger partial charge on any atom is 0.264 e. The molecular formula is C7H5F4N. The summed E-state index contributed by atoms with van der Waals surface area (Å²) < 4.78 is 48.8. The average molecular weight is 179 g/mol. The molecule has 0 aliphatic heterocycles. The van der Waals surface area contributed by atoms with Gasteiger partial charge in [-0.2, -0.15) is 0 Å². The topological polar surface area (TPSA) is 26.0 Å². The SMILES string of the molecule is Nc1c(F)cc(C(F)F)cc1F. The van der Waals surface area contributed by atoms with Crippen LogP contribution in [0.1, 0.15) is 12.0 Å². The molecule has 0 radical (unpaired) electrons. The molecule has 1 rings (SSSR count). The van der Waals surface area contributed by atoms with Crippen LogP contribution in [0.15, 0.2) is 12.1 Å². The van der Waals surface area contributed by atoms with Crippen molar-refractivity contribution in [2.75, 3.05) is 5.73 Å². The van der Waals surface area contributed by atoms with Gasteiger partial charge in [0.15, 0.2) is 0 Å². The van der Waals surface area contributed by atoms with Crippen molar-refractivity contribution in [1.82, 2.24) is 0 Å². The van der Waals surface area contributed by atoms with Gasteiger partial charge in [0, 0.05) is 5.56 Å². The van der Waals surface area contributed by atoms with Crippen molar-refractivity contribution in [1.29, 1.82) is 0 Å². The van der Waals surface area contributed by atoms with Gasteiger partial charge in [0.05, 0.1) is 0 Å². The first-order chi connectivity index (χ1) is 5.52. The van der Waals surface area contributed by atoms with Gasteiger partial charge in [-0.05, 0) is 12.1 Å². The Balaban J connectivity index is 3.21. The highest BCUT2D eigenvalue weighted by Crippen LogP contribution is 2.24. The van der Waals surface area contributed by atoms with E-state index in [4.69, 9.17) is 5.73 Å². The number of alkyl halides is 2. The van der Waals surface area contributed by atoms with E-state index in [9.17, 15) is 17.6 Å². The van der Waals surface area contributed by atoms with Gasteiger partial charge in [-0.25, -0.2) is 17.6 Å². The van der Waals surface area contributed by atoms with E-state index in [1.165, 1.54) is 0 Å². The molecule has 0 spiro atoms. The Kier molecular flexibility index (Phi) is 2.21. The van der Waals surface area contributed by atoms with Crippen molar-refractivity contribution >= 4 is 5.69 Å². The molecule has 0 fully saturated rings. The highest BCUT2D eigenvalue weighted by atomic mass is 19.3. The van der Waals surface area contributed by atoms with Crippen molar-refractivity contribution < 1.29 is 17.6 Å². The summed E-state index contributed by atoms with van der Waals surface area (Å²) in [6.45, 7) is 0. The Morgan fingerprint density at radius 3 is 1.83 bits per heavy atom. The average Bonchev–Trinajstić information content (AvgIpc) is 1.99. The molecule has 0 aromatic heterocycles. The zero-order chi connectivity index (χ0) is 9.30. The molecule has 0 atom stereocenters. The molecule has 5 heteroatoms. The van der Waals surface area contributed by atoms with Gasteiger partial charge < -0.3 is 5.73 Å². The lowest BCUT2D eigenvalue weighted by molar-refractivity contribution is 0.150. The largest absolute Gasteiger partial charge is 0.394 e. The quantitative estimate of drug-likeness (QED) is 0.520. The number of benzene rings is 1. The second-order valence-corrected chi connectivity index (χ2v) is 2.20. The third kappa shape index (κ3) is 1.49. The maximum absolute atomic E-state index is 12.5. The fraction of sp³-hybridized carbons (Fsp3) is 0.143. The fourth-order valence-corrected chi connectivity index (χ4v) is 0.730. The number of hydrogen-bond acceptors (Lipinski definition) is 1. The van der Waals surface area contributed by atoms with Crippen molar-refractivity contribution in [3.63, 3.8) is 0 Å². The summed E-state index contributed by atoms with van der Waals surface area (Å²) in [6, 6.07) is 1.03. The molecule has 0 heterocycles. The van der Waals surface area contributed by atoms with E-state index < -0.39 is 29.3 Å². The minimum absolute atomic E-state index is 0.517. The molecule has 0 aliphatic carbocycles. The van der Waals surface area contributed by atoms with Crippen molar-refractivity contribution in [3.05, 3.63) is 29.3 Å². The second-order valence-electron chi connectivity index (χ2n) is 2.20. The van der Waals surface area contributed by atoms with E-state index in [-0.39, 0.29) is 0 Å². The second kappa shape index (κ2) is 3.00. The molecule has 0 aliphatic rings. The van der Waals surface area contributed by atoms with Crippen LogP contribution in [-0.4, -0.2) is 0 Å². The molecular weight excluding hydrogens is 174 g/mol. The molecule has 2 N–H and O–H groups in total. The molecule has 1 nitrogen and oxygen atoms in total. The van der Waals surface area contributed by atoms with Crippen LogP contribution in [0.5, 0.6) is 0 Å². The van der Waals surface area contributed by atoms with E-state index >= 15 is 0 Å². The summed E-state index contributed by atoms with van der Waals surface area (Å²) in [5.74, 6) is -2.32. The Labute approximate surface area is 65.8 Å². The third-order valence-corrected chi connectivity index (χ3v) is 1.35. The van der Waals surface area contributed by atoms with E-state index in [0.29, 0.717) is 12.1 Å². The number of nitrogens with two attached hydrogens (primary N) is 1. The van der Waals surface area contributed by atoms with E-state index in [2.05, 4.69) is 0 Å². The molecule has 0 amide bonds. The first kappa shape index (κ1) is 8.83. The minimum Gasteiger partial charge on any atom is -0.394 e. The number of halogens is 4. The van der Waals surface area contributed by atoms with E-state index in [1.54, 1.807) is 0 Å². The maximum atomic E-state index is 12.5. The van der Waals surface area contributed by atoms with E-state index in [1.807, 2.05) is 0 Å². The summed E-state index contributed by atoms with van der Waals surface area (Å²) in [7, 11) is 0. The van der Waals surface area contributed by atoms with E-state index in [0.717, 1.165) is 0 Å². The lowest BCUT2D eigenvalue weighted by Gasteiger charge is -2.02. The molecule has 0 saturated carbocycles. The van der Waals surface area contributed by atoms with Gasteiger partial charge in [-0.15, -0.1) is 0 Å². The predicted molar refractivity (Wildman–Crippen MR) is 35.7 cm³/mol. The highest BCUT2D eigenvalue weighted by Gasteiger charge is 2.13. The van der Waals surface area contributed by atoms with Gasteiger partial charge >= 0.3 is 0 Å². The van der Waals surface area contributed by atoms with Gasteiger partial charge in [-0.1, -0.05) is 0 Å². The number of nitrogen functional groups attached to an aromatic ring is 1. The smallest absolute Gasteiger partial charge is 0.264 e. The molecule has 0 saturated heterocycles. The van der Waals surface area contributed by atoms with Crippen LogP contribution in [0.2, 0.25) is 0 Å². The Hall–Kier alpha value is -1.26. The summed E-state index contributed by atoms with van der Waals surface area (Å²) in [6.07, 6.45) is -2.89. The first-order valence-corrected chi connectivity index (χ1v) is 3.05. The molecule has 0 bridgehead atoms.